The van der Waals surface area contributed by atoms with Crippen LogP contribution in [0.15, 0.2) is 36.4 Å². The molecule has 1 heterocycles. The Hall–Kier alpha value is -2.74. The molecule has 23 heavy (non-hydrogen) atoms. The minimum atomic E-state index is -0.544. The number of ether oxygens (including phenoxy) is 1. The Balaban J connectivity index is 1.86. The first-order chi connectivity index (χ1) is 11.0. The first kappa shape index (κ1) is 16.6. The zero-order chi connectivity index (χ0) is 16.8. The number of rotatable bonds is 4. The summed E-state index contributed by atoms with van der Waals surface area (Å²) in [6.07, 6.45) is -0.00158. The lowest BCUT2D eigenvalue weighted by Gasteiger charge is -2.06. The molecular formula is C15H13FN2O4S. The molecule has 0 spiro atoms. The average Bonchev–Trinajstić information content (AvgIpc) is 3.04. The summed E-state index contributed by atoms with van der Waals surface area (Å²) >= 11 is 0.951. The zero-order valence-electron chi connectivity index (χ0n) is 12.1. The Morgan fingerprint density at radius 2 is 1.70 bits per heavy atom. The van der Waals surface area contributed by atoms with E-state index < -0.39 is 17.8 Å². The van der Waals surface area contributed by atoms with Gasteiger partial charge in [0.1, 0.15) is 10.7 Å². The summed E-state index contributed by atoms with van der Waals surface area (Å²) in [5, 5.41) is 0. The molecule has 0 fully saturated rings. The third-order valence-corrected chi connectivity index (χ3v) is 3.87. The molecule has 0 atom stereocenters. The molecule has 8 heteroatoms. The van der Waals surface area contributed by atoms with E-state index in [1.165, 1.54) is 43.5 Å². The number of esters is 1. The van der Waals surface area contributed by atoms with Gasteiger partial charge in [-0.3, -0.25) is 20.4 Å². The number of nitrogens with one attached hydrogen (secondary N) is 2. The number of halogens is 1. The van der Waals surface area contributed by atoms with Gasteiger partial charge in [0.15, 0.2) is 0 Å². The first-order valence-corrected chi connectivity index (χ1v) is 7.33. The number of hydrazine groups is 1. The number of amides is 2. The van der Waals surface area contributed by atoms with Crippen molar-refractivity contribution in [3.63, 3.8) is 0 Å². The van der Waals surface area contributed by atoms with Crippen LogP contribution in [-0.2, 0) is 16.0 Å². The van der Waals surface area contributed by atoms with Crippen LogP contribution < -0.4 is 10.9 Å². The SMILES string of the molecule is COC(=O)c1ccc(C(=O)NNC(=O)Cc2ccc(F)cc2)s1. The molecule has 0 saturated carbocycles. The molecule has 1 aromatic carbocycles. The molecule has 0 aliphatic rings. The third kappa shape index (κ3) is 4.62. The number of benzene rings is 1. The number of hydrogen-bond acceptors (Lipinski definition) is 5. The molecule has 6 nitrogen and oxygen atoms in total. The molecule has 0 saturated heterocycles. The van der Waals surface area contributed by atoms with E-state index in [0.29, 0.717) is 5.56 Å². The van der Waals surface area contributed by atoms with Crippen LogP contribution in [0.3, 0.4) is 0 Å². The highest BCUT2D eigenvalue weighted by Crippen LogP contribution is 2.16. The molecule has 2 aromatic rings. The summed E-state index contributed by atoms with van der Waals surface area (Å²) < 4.78 is 17.3. The van der Waals surface area contributed by atoms with Crippen molar-refractivity contribution in [2.24, 2.45) is 0 Å². The smallest absolute Gasteiger partial charge is 0.348 e. The second-order valence-corrected chi connectivity index (χ2v) is 5.54. The Bertz CT molecular complexity index is 727. The Kier molecular flexibility index (Phi) is 5.42. The van der Waals surface area contributed by atoms with Gasteiger partial charge < -0.3 is 4.74 Å². The average molecular weight is 336 g/mol. The molecule has 2 rings (SSSR count). The van der Waals surface area contributed by atoms with Gasteiger partial charge in [-0.15, -0.1) is 11.3 Å². The maximum atomic E-state index is 12.8. The Labute approximate surface area is 135 Å². The second kappa shape index (κ2) is 7.50. The molecule has 0 unspecified atom stereocenters. The standard InChI is InChI=1S/C15H13FN2O4S/c1-22-15(21)12-7-6-11(23-12)14(20)18-17-13(19)8-9-2-4-10(16)5-3-9/h2-7H,8H2,1H3,(H,17,19)(H,18,20). The van der Waals surface area contributed by atoms with Gasteiger partial charge in [0, 0.05) is 0 Å². The van der Waals surface area contributed by atoms with Crippen molar-refractivity contribution in [1.29, 1.82) is 0 Å². The van der Waals surface area contributed by atoms with Crippen molar-refractivity contribution in [3.8, 4) is 0 Å². The maximum Gasteiger partial charge on any atom is 0.348 e. The monoisotopic (exact) mass is 336 g/mol. The fraction of sp³-hybridized carbons (Fsp3) is 0.133. The quantitative estimate of drug-likeness (QED) is 0.657. The molecular weight excluding hydrogens is 323 g/mol. The van der Waals surface area contributed by atoms with Crippen LogP contribution in [0.4, 0.5) is 4.39 Å². The van der Waals surface area contributed by atoms with E-state index in [2.05, 4.69) is 15.6 Å². The number of hydrogen-bond donors (Lipinski definition) is 2. The van der Waals surface area contributed by atoms with Crippen LogP contribution in [0.25, 0.3) is 0 Å². The number of thiophene rings is 1. The molecule has 0 aliphatic heterocycles. The highest BCUT2D eigenvalue weighted by molar-refractivity contribution is 7.15. The summed E-state index contributed by atoms with van der Waals surface area (Å²) in [6, 6.07) is 8.39. The van der Waals surface area contributed by atoms with Crippen molar-refractivity contribution < 1.29 is 23.5 Å². The highest BCUT2D eigenvalue weighted by atomic mass is 32.1. The van der Waals surface area contributed by atoms with Gasteiger partial charge in [-0.1, -0.05) is 12.1 Å². The van der Waals surface area contributed by atoms with E-state index >= 15 is 0 Å². The number of methoxy groups -OCH3 is 1. The molecule has 1 aromatic heterocycles. The van der Waals surface area contributed by atoms with Crippen molar-refractivity contribution in [1.82, 2.24) is 10.9 Å². The van der Waals surface area contributed by atoms with Crippen molar-refractivity contribution >= 4 is 29.1 Å². The van der Waals surface area contributed by atoms with Gasteiger partial charge in [0.2, 0.25) is 5.91 Å². The lowest BCUT2D eigenvalue weighted by molar-refractivity contribution is -0.121. The predicted octanol–water partition coefficient (Wildman–Crippen LogP) is 1.68. The van der Waals surface area contributed by atoms with Gasteiger partial charge in [-0.2, -0.15) is 0 Å². The number of carbonyl (C=O) groups is 3. The van der Waals surface area contributed by atoms with Gasteiger partial charge in [0.25, 0.3) is 5.91 Å². The molecule has 120 valence electrons. The van der Waals surface area contributed by atoms with E-state index in [4.69, 9.17) is 0 Å². The van der Waals surface area contributed by atoms with Crippen LogP contribution in [0.5, 0.6) is 0 Å². The normalized spacial score (nSPS) is 10.0. The minimum absolute atomic E-state index is 0.00158. The van der Waals surface area contributed by atoms with Crippen LogP contribution >= 0.6 is 11.3 Å². The van der Waals surface area contributed by atoms with Crippen LogP contribution in [0.1, 0.15) is 24.9 Å². The fourth-order valence-corrected chi connectivity index (χ4v) is 2.51. The van der Waals surface area contributed by atoms with Crippen molar-refractivity contribution in [3.05, 3.63) is 57.5 Å². The molecule has 0 radical (unpaired) electrons. The minimum Gasteiger partial charge on any atom is -0.465 e. The summed E-state index contributed by atoms with van der Waals surface area (Å²) in [4.78, 5) is 35.4. The number of carbonyl (C=O) groups excluding carboxylic acids is 3. The van der Waals surface area contributed by atoms with Gasteiger partial charge >= 0.3 is 5.97 Å². The highest BCUT2D eigenvalue weighted by Gasteiger charge is 2.14. The van der Waals surface area contributed by atoms with Crippen molar-refractivity contribution in [2.75, 3.05) is 7.11 Å². The lowest BCUT2D eigenvalue weighted by Crippen LogP contribution is -2.42. The summed E-state index contributed by atoms with van der Waals surface area (Å²) in [5.74, 6) is -1.91. The van der Waals surface area contributed by atoms with E-state index in [1.54, 1.807) is 0 Å². The van der Waals surface area contributed by atoms with E-state index in [1.807, 2.05) is 0 Å². The first-order valence-electron chi connectivity index (χ1n) is 6.51. The third-order valence-electron chi connectivity index (χ3n) is 2.81. The summed E-state index contributed by atoms with van der Waals surface area (Å²) in [7, 11) is 1.25. The van der Waals surface area contributed by atoms with Gasteiger partial charge in [-0.25, -0.2) is 9.18 Å². The summed E-state index contributed by atoms with van der Waals surface area (Å²) in [5.41, 5.74) is 5.11. The molecule has 2 N–H and O–H groups in total. The Morgan fingerprint density at radius 3 is 2.35 bits per heavy atom. The Morgan fingerprint density at radius 1 is 1.04 bits per heavy atom. The zero-order valence-corrected chi connectivity index (χ0v) is 12.9. The topological polar surface area (TPSA) is 84.5 Å². The fourth-order valence-electron chi connectivity index (χ4n) is 1.69. The van der Waals surface area contributed by atoms with E-state index in [9.17, 15) is 18.8 Å². The van der Waals surface area contributed by atoms with Crippen LogP contribution in [0, 0.1) is 5.82 Å². The van der Waals surface area contributed by atoms with E-state index in [0.717, 1.165) is 11.3 Å². The van der Waals surface area contributed by atoms with Crippen LogP contribution in [-0.4, -0.2) is 24.9 Å². The predicted molar refractivity (Wildman–Crippen MR) is 81.4 cm³/mol. The molecule has 0 bridgehead atoms. The molecule has 2 amide bonds. The van der Waals surface area contributed by atoms with Crippen molar-refractivity contribution in [2.45, 2.75) is 6.42 Å². The maximum absolute atomic E-state index is 12.8. The van der Waals surface area contributed by atoms with Gasteiger partial charge in [0.05, 0.1) is 18.4 Å². The van der Waals surface area contributed by atoms with Crippen LogP contribution in [0.2, 0.25) is 0 Å². The second-order valence-electron chi connectivity index (χ2n) is 4.46. The largest absolute Gasteiger partial charge is 0.465 e. The van der Waals surface area contributed by atoms with E-state index in [-0.39, 0.29) is 22.0 Å². The lowest BCUT2D eigenvalue weighted by atomic mass is 10.1. The molecule has 0 aliphatic carbocycles. The van der Waals surface area contributed by atoms with Gasteiger partial charge in [-0.05, 0) is 29.8 Å². The summed E-state index contributed by atoms with van der Waals surface area (Å²) in [6.45, 7) is 0.